The first-order valence-corrected chi connectivity index (χ1v) is 13.4. The Morgan fingerprint density at radius 1 is 2.00 bits per heavy atom. The Bertz CT molecular complexity index is 44.0. The van der Waals surface area contributed by atoms with Gasteiger partial charge in [-0.25, -0.2) is 0 Å². The van der Waals surface area contributed by atoms with Crippen LogP contribution in [0.5, 0.6) is 0 Å². The van der Waals surface area contributed by atoms with Gasteiger partial charge in [0.05, 0.1) is 0 Å². The van der Waals surface area contributed by atoms with Crippen LogP contribution in [-0.2, 0) is 30.7 Å². The first-order chi connectivity index (χ1) is 1.91. The summed E-state index contributed by atoms with van der Waals surface area (Å²) in [6.07, 6.45) is 0. The molecule has 0 aliphatic heterocycles. The topological polar surface area (TPSA) is 20.2 Å². The zero-order valence-electron chi connectivity index (χ0n) is 1.84. The minimum absolute atomic E-state index is 0.241. The summed E-state index contributed by atoms with van der Waals surface area (Å²) < 4.78 is 1.33. The predicted octanol–water partition coefficient (Wildman–Crippen LogP) is -0.337. The number of hydrogen-bond acceptors (Lipinski definition) is 1. The molecule has 24 valence electrons. The van der Waals surface area contributed by atoms with Crippen molar-refractivity contribution in [3.05, 3.63) is 0 Å². The summed E-state index contributed by atoms with van der Waals surface area (Å²) in [4.78, 5) is 0. The number of rotatable bonds is 0. The number of hydrogen-bond donors (Lipinski definition) is 1. The molecule has 1 N–H and O–H groups in total. The van der Waals surface area contributed by atoms with Crippen LogP contribution in [0.25, 0.3) is 0 Å². The van der Waals surface area contributed by atoms with Crippen LogP contribution in [0.1, 0.15) is 0 Å². The fraction of sp³-hybridized carbons (Fsp3) is 0. The third-order valence-electron chi connectivity index (χ3n) is 0.0430. The van der Waals surface area contributed by atoms with Gasteiger partial charge in [-0.05, 0) is 0 Å². The van der Waals surface area contributed by atoms with Gasteiger partial charge in [0, 0.05) is 0 Å². The van der Waals surface area contributed by atoms with Crippen LogP contribution in [0, 0.1) is 0 Å². The van der Waals surface area contributed by atoms with Gasteiger partial charge in [0.2, 0.25) is 0 Å². The van der Waals surface area contributed by atoms with Crippen molar-refractivity contribution < 1.29 is 35.8 Å². The molecule has 0 aromatic rings. The van der Waals surface area contributed by atoms with Gasteiger partial charge in [0.1, 0.15) is 0 Å². The van der Waals surface area contributed by atoms with Crippen LogP contribution in [-0.4, -0.2) is 9.69 Å². The summed E-state index contributed by atoms with van der Waals surface area (Å²) in [7, 11) is 0. The van der Waals surface area contributed by atoms with Crippen molar-refractivity contribution >= 4 is 4.59 Å². The Morgan fingerprint density at radius 2 is 2.25 bits per heavy atom. The van der Waals surface area contributed by atoms with Crippen molar-refractivity contribution in [3.63, 3.8) is 0 Å². The van der Waals surface area contributed by atoms with Crippen molar-refractivity contribution in [1.29, 1.82) is 0 Å². The summed E-state index contributed by atoms with van der Waals surface area (Å²) in [6, 6.07) is 0. The average molecular weight is 398 g/mol. The standard InChI is InChI=1S/CH2O.2W/c1-2;;/h1-2H;;. The van der Waals surface area contributed by atoms with E-state index < -0.39 is 0 Å². The molecule has 0 spiro atoms. The number of aliphatic hydroxyl groups excluding tert-OH is 1. The molecular weight excluding hydrogens is 396 g/mol. The molecule has 3 heteroatoms. The van der Waals surface area contributed by atoms with E-state index in [9.17, 15) is 0 Å². The molecule has 0 atom stereocenters. The van der Waals surface area contributed by atoms with Crippen molar-refractivity contribution in [2.24, 2.45) is 0 Å². The third-order valence-corrected chi connectivity index (χ3v) is 2.88. The van der Waals surface area contributed by atoms with E-state index in [2.05, 4.69) is 0 Å². The summed E-state index contributed by atoms with van der Waals surface area (Å²) in [5.41, 5.74) is 0. The molecule has 0 aromatic carbocycles. The summed E-state index contributed by atoms with van der Waals surface area (Å²) in [6.45, 7) is 0. The van der Waals surface area contributed by atoms with Gasteiger partial charge in [-0.3, -0.25) is 0 Å². The van der Waals surface area contributed by atoms with Crippen LogP contribution in [0.4, 0.5) is 0 Å². The molecule has 0 unspecified atom stereocenters. The Hall–Kier alpha value is 1.21. The normalized spacial score (nSPS) is 5.25. The summed E-state index contributed by atoms with van der Waals surface area (Å²) >= 11 is 1.33. The van der Waals surface area contributed by atoms with Crippen molar-refractivity contribution in [2.45, 2.75) is 0 Å². The maximum atomic E-state index is 7.84. The van der Waals surface area contributed by atoms with Crippen LogP contribution < -0.4 is 0 Å². The van der Waals surface area contributed by atoms with Crippen LogP contribution >= 0.6 is 0 Å². The maximum absolute atomic E-state index is 7.84. The average Bonchev–Trinajstić information content (AvgIpc) is 1.37. The zero-order chi connectivity index (χ0) is 3.41. The Balaban J connectivity index is 3.11. The number of aliphatic hydroxyl groups is 1. The monoisotopic (exact) mass is 398 g/mol. The molecule has 0 saturated heterocycles. The molecule has 0 aromatic heterocycles. The third kappa shape index (κ3) is 3.21. The zero-order valence-corrected chi connectivity index (χ0v) is 7.71. The second kappa shape index (κ2) is 4.21. The molecule has 0 aliphatic rings. The molecule has 0 rings (SSSR count). The Kier molecular flexibility index (Phi) is 5.48. The fourth-order valence-electron chi connectivity index (χ4n) is 0. The van der Waals surface area contributed by atoms with E-state index in [0.29, 0.717) is 0 Å². The molecule has 0 saturated carbocycles. The van der Waals surface area contributed by atoms with Gasteiger partial charge in [0.15, 0.2) is 0 Å². The van der Waals surface area contributed by atoms with Gasteiger partial charge < -0.3 is 0 Å². The predicted molar refractivity (Wildman–Crippen MR) is 8.00 cm³/mol. The fourth-order valence-corrected chi connectivity index (χ4v) is 0. The summed E-state index contributed by atoms with van der Waals surface area (Å²) in [5, 5.41) is 7.84. The Labute approximate surface area is 40.4 Å². The minimum atomic E-state index is -0.241. The van der Waals surface area contributed by atoms with E-state index in [4.69, 9.17) is 5.11 Å². The second-order valence-electron chi connectivity index (χ2n) is 0.202. The van der Waals surface area contributed by atoms with Gasteiger partial charge in [-0.15, -0.1) is 0 Å². The molecule has 0 radical (unpaired) electrons. The summed E-state index contributed by atoms with van der Waals surface area (Å²) in [5.74, 6) is 0. The van der Waals surface area contributed by atoms with Crippen molar-refractivity contribution in [3.8, 4) is 0 Å². The van der Waals surface area contributed by atoms with Crippen LogP contribution in [0.2, 0.25) is 0 Å². The van der Waals surface area contributed by atoms with Crippen LogP contribution in [0.15, 0.2) is 0 Å². The van der Waals surface area contributed by atoms with Gasteiger partial charge in [0.25, 0.3) is 0 Å². The first-order valence-electron chi connectivity index (χ1n) is 0.661. The van der Waals surface area contributed by atoms with E-state index in [1.165, 1.54) is 4.59 Å². The molecule has 4 heavy (non-hydrogen) atoms. The molecule has 1 nitrogen and oxygen atoms in total. The van der Waals surface area contributed by atoms with Gasteiger partial charge >= 0.3 is 40.4 Å². The molecular formula is CH2OW2. The quantitative estimate of drug-likeness (QED) is 0.593. The second-order valence-corrected chi connectivity index (χ2v) is 7.31. The SMILES string of the molecule is O[CH]=[W]=[W]. The van der Waals surface area contributed by atoms with E-state index >= 15 is 0 Å². The van der Waals surface area contributed by atoms with E-state index in [1.807, 2.05) is 0 Å². The van der Waals surface area contributed by atoms with Gasteiger partial charge in [-0.2, -0.15) is 0 Å². The molecule has 0 aliphatic carbocycles. The van der Waals surface area contributed by atoms with Crippen molar-refractivity contribution in [1.82, 2.24) is 0 Å². The van der Waals surface area contributed by atoms with E-state index in [-0.39, 0.29) is 14.5 Å². The molecule has 0 amide bonds. The Morgan fingerprint density at radius 3 is 2.25 bits per heavy atom. The molecule has 0 fully saturated rings. The molecule has 0 bridgehead atoms. The van der Waals surface area contributed by atoms with E-state index in [0.717, 1.165) is 0 Å². The van der Waals surface area contributed by atoms with Gasteiger partial charge in [-0.1, -0.05) is 0 Å². The van der Waals surface area contributed by atoms with Crippen molar-refractivity contribution in [2.75, 3.05) is 0 Å². The van der Waals surface area contributed by atoms with E-state index in [1.54, 1.807) is 16.2 Å². The molecule has 0 heterocycles. The first kappa shape index (κ1) is 5.21. The van der Waals surface area contributed by atoms with Crippen LogP contribution in [0.3, 0.4) is 0 Å².